The highest BCUT2D eigenvalue weighted by atomic mass is 19.4. The third-order valence-electron chi connectivity index (χ3n) is 3.45. The van der Waals surface area contributed by atoms with E-state index in [9.17, 15) is 13.2 Å². The number of fused-ring (bicyclic) bond motifs is 1. The first-order valence-corrected chi connectivity index (χ1v) is 6.88. The zero-order valence-electron chi connectivity index (χ0n) is 13.1. The maximum atomic E-state index is 13.6. The summed E-state index contributed by atoms with van der Waals surface area (Å²) in [5.74, 6) is 0.0390. The van der Waals surface area contributed by atoms with E-state index < -0.39 is 17.2 Å². The van der Waals surface area contributed by atoms with Gasteiger partial charge in [0.05, 0.1) is 16.9 Å². The number of halogens is 3. The van der Waals surface area contributed by atoms with Gasteiger partial charge >= 0.3 is 6.18 Å². The number of pyridine rings is 1. The fourth-order valence-corrected chi connectivity index (χ4v) is 2.55. The molecule has 0 spiro atoms. The van der Waals surface area contributed by atoms with Crippen LogP contribution in [0.15, 0.2) is 6.20 Å². The second-order valence-electron chi connectivity index (χ2n) is 6.66. The summed E-state index contributed by atoms with van der Waals surface area (Å²) in [6, 6.07) is 0. The van der Waals surface area contributed by atoms with Crippen molar-refractivity contribution in [3.05, 3.63) is 23.1 Å². The average Bonchev–Trinajstić information content (AvgIpc) is 2.63. The van der Waals surface area contributed by atoms with Crippen LogP contribution in [0.2, 0.25) is 0 Å². The zero-order chi connectivity index (χ0) is 16.2. The fraction of sp³-hybridized carbons (Fsp3) is 0.600. The molecule has 0 N–H and O–H groups in total. The zero-order valence-corrected chi connectivity index (χ0v) is 13.1. The van der Waals surface area contributed by atoms with Gasteiger partial charge < -0.3 is 0 Å². The lowest BCUT2D eigenvalue weighted by atomic mass is 9.87. The van der Waals surface area contributed by atoms with Gasteiger partial charge in [-0.3, -0.25) is 9.67 Å². The fourth-order valence-electron chi connectivity index (χ4n) is 2.55. The van der Waals surface area contributed by atoms with E-state index in [1.807, 2.05) is 13.8 Å². The third-order valence-corrected chi connectivity index (χ3v) is 3.45. The molecular formula is C15H20F3N3. The topological polar surface area (TPSA) is 30.7 Å². The average molecular weight is 299 g/mol. The molecule has 0 saturated carbocycles. The van der Waals surface area contributed by atoms with Gasteiger partial charge in [0.2, 0.25) is 0 Å². The van der Waals surface area contributed by atoms with Crippen LogP contribution < -0.4 is 0 Å². The molecule has 21 heavy (non-hydrogen) atoms. The minimum Gasteiger partial charge on any atom is -0.267 e. The summed E-state index contributed by atoms with van der Waals surface area (Å²) >= 11 is 0. The van der Waals surface area contributed by atoms with Crippen LogP contribution in [0.1, 0.15) is 57.5 Å². The molecule has 0 unspecified atom stereocenters. The summed E-state index contributed by atoms with van der Waals surface area (Å²) in [6.45, 7) is 9.02. The first-order chi connectivity index (χ1) is 9.44. The third kappa shape index (κ3) is 2.63. The highest BCUT2D eigenvalue weighted by Gasteiger charge is 2.41. The van der Waals surface area contributed by atoms with Crippen molar-refractivity contribution < 1.29 is 13.2 Å². The molecule has 2 aromatic rings. The first-order valence-electron chi connectivity index (χ1n) is 6.88. The lowest BCUT2D eigenvalue weighted by Crippen LogP contribution is -2.22. The molecule has 0 aliphatic carbocycles. The van der Waals surface area contributed by atoms with Crippen molar-refractivity contribution in [1.82, 2.24) is 14.8 Å². The minimum absolute atomic E-state index is 0.0390. The van der Waals surface area contributed by atoms with Crippen molar-refractivity contribution in [3.63, 3.8) is 0 Å². The molecule has 2 rings (SSSR count). The van der Waals surface area contributed by atoms with Crippen molar-refractivity contribution in [2.75, 3.05) is 0 Å². The van der Waals surface area contributed by atoms with Crippen molar-refractivity contribution in [3.8, 4) is 0 Å². The molecule has 0 atom stereocenters. The Labute approximate surface area is 122 Å². The van der Waals surface area contributed by atoms with Crippen molar-refractivity contribution in [2.45, 2.75) is 52.1 Å². The van der Waals surface area contributed by atoms with Gasteiger partial charge in [0.25, 0.3) is 0 Å². The normalized spacial score (nSPS) is 13.4. The summed E-state index contributed by atoms with van der Waals surface area (Å²) < 4.78 is 42.2. The Balaban J connectivity index is 2.96. The predicted molar refractivity (Wildman–Crippen MR) is 76.3 cm³/mol. The Morgan fingerprint density at radius 2 is 1.71 bits per heavy atom. The summed E-state index contributed by atoms with van der Waals surface area (Å²) in [7, 11) is 1.55. The van der Waals surface area contributed by atoms with Gasteiger partial charge in [-0.15, -0.1) is 0 Å². The number of alkyl halides is 3. The first kappa shape index (κ1) is 15.8. The van der Waals surface area contributed by atoms with E-state index in [4.69, 9.17) is 0 Å². The van der Waals surface area contributed by atoms with Gasteiger partial charge in [-0.05, 0) is 5.92 Å². The van der Waals surface area contributed by atoms with Crippen molar-refractivity contribution >= 4 is 10.9 Å². The molecule has 0 bridgehead atoms. The molecule has 0 radical (unpaired) electrons. The van der Waals surface area contributed by atoms with Crippen LogP contribution in [-0.2, 0) is 18.6 Å². The van der Waals surface area contributed by atoms with E-state index in [1.165, 1.54) is 10.9 Å². The highest BCUT2D eigenvalue weighted by molar-refractivity contribution is 5.86. The summed E-state index contributed by atoms with van der Waals surface area (Å²) in [4.78, 5) is 4.13. The predicted octanol–water partition coefficient (Wildman–Crippen LogP) is 4.41. The molecule has 116 valence electrons. The Hall–Kier alpha value is -1.59. The molecule has 6 heteroatoms. The van der Waals surface area contributed by atoms with Gasteiger partial charge in [-0.1, -0.05) is 34.6 Å². The molecule has 2 aromatic heterocycles. The molecule has 0 aromatic carbocycles. The van der Waals surface area contributed by atoms with Crippen LogP contribution in [0.3, 0.4) is 0 Å². The molecule has 3 nitrogen and oxygen atoms in total. The van der Waals surface area contributed by atoms with Gasteiger partial charge in [0.15, 0.2) is 0 Å². The number of aryl methyl sites for hydroxylation is 1. The van der Waals surface area contributed by atoms with Crippen LogP contribution in [-0.4, -0.2) is 14.8 Å². The standard InChI is InChI=1S/C15H20F3N3/c1-8(2)11-9-7-19-13(14(3,4)5)10(15(16,17)18)12(9)21(6)20-11/h7-8H,1-6H3. The van der Waals surface area contributed by atoms with Gasteiger partial charge in [0, 0.05) is 24.0 Å². The largest absolute Gasteiger partial charge is 0.420 e. The summed E-state index contributed by atoms with van der Waals surface area (Å²) in [6.07, 6.45) is -2.94. The Kier molecular flexibility index (Phi) is 3.54. The van der Waals surface area contributed by atoms with E-state index >= 15 is 0 Å². The van der Waals surface area contributed by atoms with E-state index in [2.05, 4.69) is 10.1 Å². The van der Waals surface area contributed by atoms with Crippen LogP contribution in [0.5, 0.6) is 0 Å². The van der Waals surface area contributed by atoms with Crippen LogP contribution in [0.25, 0.3) is 10.9 Å². The SMILES string of the molecule is CC(C)c1nn(C)c2c(C(F)(F)F)c(C(C)(C)C)ncc12. The number of aromatic nitrogens is 3. The second kappa shape index (κ2) is 4.71. The molecule has 0 saturated heterocycles. The number of rotatable bonds is 1. The van der Waals surface area contributed by atoms with E-state index in [0.717, 1.165) is 0 Å². The van der Waals surface area contributed by atoms with E-state index in [-0.39, 0.29) is 17.1 Å². The number of hydrogen-bond acceptors (Lipinski definition) is 2. The monoisotopic (exact) mass is 299 g/mol. The maximum absolute atomic E-state index is 13.6. The van der Waals surface area contributed by atoms with Crippen molar-refractivity contribution in [1.29, 1.82) is 0 Å². The lowest BCUT2D eigenvalue weighted by Gasteiger charge is -2.23. The Bertz CT molecular complexity index is 676. The second-order valence-corrected chi connectivity index (χ2v) is 6.66. The Morgan fingerprint density at radius 3 is 2.14 bits per heavy atom. The molecular weight excluding hydrogens is 279 g/mol. The molecule has 0 fully saturated rings. The Morgan fingerprint density at radius 1 is 1.14 bits per heavy atom. The van der Waals surface area contributed by atoms with Crippen molar-refractivity contribution in [2.24, 2.45) is 7.05 Å². The number of nitrogens with zero attached hydrogens (tertiary/aromatic N) is 3. The van der Waals surface area contributed by atoms with Gasteiger partial charge in [-0.2, -0.15) is 18.3 Å². The maximum Gasteiger partial charge on any atom is 0.420 e. The van der Waals surface area contributed by atoms with Gasteiger partial charge in [0.1, 0.15) is 5.56 Å². The molecule has 0 amide bonds. The molecule has 0 aliphatic rings. The van der Waals surface area contributed by atoms with Crippen LogP contribution in [0.4, 0.5) is 13.2 Å². The minimum atomic E-state index is -4.46. The highest BCUT2D eigenvalue weighted by Crippen LogP contribution is 2.41. The molecule has 0 aliphatic heterocycles. The molecule has 2 heterocycles. The van der Waals surface area contributed by atoms with Crippen LogP contribution >= 0.6 is 0 Å². The van der Waals surface area contributed by atoms with Gasteiger partial charge in [-0.25, -0.2) is 0 Å². The summed E-state index contributed by atoms with van der Waals surface area (Å²) in [5.41, 5.74) is -0.548. The quantitative estimate of drug-likeness (QED) is 0.781. The van der Waals surface area contributed by atoms with Crippen LogP contribution in [0, 0.1) is 0 Å². The summed E-state index contributed by atoms with van der Waals surface area (Å²) in [5, 5.41) is 4.74. The smallest absolute Gasteiger partial charge is 0.267 e. The lowest BCUT2D eigenvalue weighted by molar-refractivity contribution is -0.137. The van der Waals surface area contributed by atoms with E-state index in [1.54, 1.807) is 27.8 Å². The van der Waals surface area contributed by atoms with E-state index in [0.29, 0.717) is 11.1 Å². The number of hydrogen-bond donors (Lipinski definition) is 0.